The molecular formula is C18H26N2O2. The third kappa shape index (κ3) is 3.61. The molecule has 2 saturated heterocycles. The molecule has 0 unspecified atom stereocenters. The average Bonchev–Trinajstić information content (AvgIpc) is 2.97. The summed E-state index contributed by atoms with van der Waals surface area (Å²) in [4.78, 5) is 14.8. The molecule has 1 aromatic rings. The van der Waals surface area contributed by atoms with Gasteiger partial charge in [-0.2, -0.15) is 0 Å². The Labute approximate surface area is 132 Å². The van der Waals surface area contributed by atoms with Gasteiger partial charge in [0.2, 0.25) is 5.91 Å². The number of rotatable bonds is 3. The summed E-state index contributed by atoms with van der Waals surface area (Å²) in [6.07, 6.45) is 2.76. The average molecular weight is 302 g/mol. The van der Waals surface area contributed by atoms with Crippen molar-refractivity contribution in [2.75, 3.05) is 24.6 Å². The third-order valence-electron chi connectivity index (χ3n) is 4.72. The molecule has 0 radical (unpaired) electrons. The molecule has 2 atom stereocenters. The Hall–Kier alpha value is -1.55. The highest BCUT2D eigenvalue weighted by atomic mass is 16.5. The number of nitrogens with one attached hydrogen (secondary N) is 1. The molecule has 0 aromatic heterocycles. The minimum atomic E-state index is -0.123. The molecule has 1 amide bonds. The molecule has 0 bridgehead atoms. The fourth-order valence-corrected chi connectivity index (χ4v) is 3.52. The van der Waals surface area contributed by atoms with E-state index in [0.717, 1.165) is 39.0 Å². The first-order valence-corrected chi connectivity index (χ1v) is 8.28. The first-order valence-electron chi connectivity index (χ1n) is 8.28. The van der Waals surface area contributed by atoms with Gasteiger partial charge in [-0.1, -0.05) is 18.2 Å². The summed E-state index contributed by atoms with van der Waals surface area (Å²) in [7, 11) is 0. The van der Waals surface area contributed by atoms with Crippen LogP contribution in [0.25, 0.3) is 0 Å². The van der Waals surface area contributed by atoms with Crippen LogP contribution in [0.1, 0.15) is 33.1 Å². The summed E-state index contributed by atoms with van der Waals surface area (Å²) >= 11 is 0. The summed E-state index contributed by atoms with van der Waals surface area (Å²) in [5.74, 6) is 0.312. The Morgan fingerprint density at radius 2 is 2.05 bits per heavy atom. The highest BCUT2D eigenvalue weighted by Crippen LogP contribution is 2.26. The number of hydrogen-bond acceptors (Lipinski definition) is 3. The summed E-state index contributed by atoms with van der Waals surface area (Å²) in [5.41, 5.74) is 1.09. The number of hydrogen-bond donors (Lipinski definition) is 1. The van der Waals surface area contributed by atoms with Crippen molar-refractivity contribution >= 4 is 11.6 Å². The Balaban J connectivity index is 1.53. The number of benzene rings is 1. The van der Waals surface area contributed by atoms with Gasteiger partial charge in [-0.25, -0.2) is 0 Å². The zero-order valence-corrected chi connectivity index (χ0v) is 13.5. The second kappa shape index (κ2) is 6.29. The van der Waals surface area contributed by atoms with Crippen molar-refractivity contribution in [3.05, 3.63) is 30.3 Å². The second-order valence-electron chi connectivity index (χ2n) is 7.07. The molecule has 2 fully saturated rings. The number of carbonyl (C=O) groups excluding carboxylic acids is 1. The van der Waals surface area contributed by atoms with Crippen LogP contribution in [-0.4, -0.2) is 37.2 Å². The van der Waals surface area contributed by atoms with Crippen molar-refractivity contribution < 1.29 is 9.53 Å². The topological polar surface area (TPSA) is 41.6 Å². The predicted molar refractivity (Wildman–Crippen MR) is 88.0 cm³/mol. The maximum Gasteiger partial charge on any atom is 0.225 e. The molecule has 1 N–H and O–H groups in total. The Morgan fingerprint density at radius 3 is 2.77 bits per heavy atom. The molecule has 3 rings (SSSR count). The van der Waals surface area contributed by atoms with E-state index in [0.29, 0.717) is 0 Å². The molecule has 22 heavy (non-hydrogen) atoms. The zero-order chi connectivity index (χ0) is 15.6. The van der Waals surface area contributed by atoms with Gasteiger partial charge in [0.15, 0.2) is 0 Å². The van der Waals surface area contributed by atoms with Crippen molar-refractivity contribution in [1.29, 1.82) is 0 Å². The van der Waals surface area contributed by atoms with Crippen LogP contribution in [0.4, 0.5) is 5.69 Å². The quantitative estimate of drug-likeness (QED) is 0.933. The van der Waals surface area contributed by atoms with Crippen LogP contribution in [0, 0.1) is 5.92 Å². The van der Waals surface area contributed by atoms with Crippen molar-refractivity contribution in [3.8, 4) is 0 Å². The highest BCUT2D eigenvalue weighted by molar-refractivity contribution is 5.80. The monoisotopic (exact) mass is 302 g/mol. The lowest BCUT2D eigenvalue weighted by atomic mass is 9.93. The summed E-state index contributed by atoms with van der Waals surface area (Å²) in [6.45, 7) is 6.71. The lowest BCUT2D eigenvalue weighted by Gasteiger charge is -2.36. The summed E-state index contributed by atoms with van der Waals surface area (Å²) < 4.78 is 5.72. The number of ether oxygens (including phenoxy) is 1. The van der Waals surface area contributed by atoms with Crippen LogP contribution in [0.3, 0.4) is 0 Å². The van der Waals surface area contributed by atoms with Crippen LogP contribution in [-0.2, 0) is 9.53 Å². The Bertz CT molecular complexity index is 515. The number of amides is 1. The van der Waals surface area contributed by atoms with Gasteiger partial charge in [0.05, 0.1) is 11.5 Å². The Morgan fingerprint density at radius 1 is 1.27 bits per heavy atom. The van der Waals surface area contributed by atoms with Gasteiger partial charge in [-0.3, -0.25) is 4.79 Å². The fourth-order valence-electron chi connectivity index (χ4n) is 3.52. The fraction of sp³-hybridized carbons (Fsp3) is 0.611. The second-order valence-corrected chi connectivity index (χ2v) is 7.07. The maximum atomic E-state index is 12.5. The van der Waals surface area contributed by atoms with E-state index in [2.05, 4.69) is 36.2 Å². The van der Waals surface area contributed by atoms with Crippen LogP contribution >= 0.6 is 0 Å². The molecular weight excluding hydrogens is 276 g/mol. The van der Waals surface area contributed by atoms with Crippen LogP contribution < -0.4 is 10.2 Å². The molecule has 0 spiro atoms. The van der Waals surface area contributed by atoms with Gasteiger partial charge >= 0.3 is 0 Å². The number of para-hydroxylation sites is 1. The smallest absolute Gasteiger partial charge is 0.225 e. The molecule has 0 aliphatic carbocycles. The number of anilines is 1. The van der Waals surface area contributed by atoms with E-state index in [9.17, 15) is 4.79 Å². The normalized spacial score (nSPS) is 27.6. The van der Waals surface area contributed by atoms with Gasteiger partial charge < -0.3 is 15.0 Å². The van der Waals surface area contributed by atoms with Gasteiger partial charge in [-0.05, 0) is 45.2 Å². The molecule has 120 valence electrons. The lowest BCUT2D eigenvalue weighted by Crippen LogP contribution is -2.47. The van der Waals surface area contributed by atoms with E-state index in [1.54, 1.807) is 0 Å². The van der Waals surface area contributed by atoms with E-state index >= 15 is 0 Å². The van der Waals surface area contributed by atoms with E-state index in [4.69, 9.17) is 4.74 Å². The van der Waals surface area contributed by atoms with Crippen molar-refractivity contribution in [1.82, 2.24) is 5.32 Å². The Kier molecular flexibility index (Phi) is 4.39. The van der Waals surface area contributed by atoms with E-state index in [1.165, 1.54) is 5.69 Å². The maximum absolute atomic E-state index is 12.5. The van der Waals surface area contributed by atoms with Crippen LogP contribution in [0.15, 0.2) is 30.3 Å². The number of carbonyl (C=O) groups is 1. The van der Waals surface area contributed by atoms with E-state index < -0.39 is 0 Å². The highest BCUT2D eigenvalue weighted by Gasteiger charge is 2.33. The lowest BCUT2D eigenvalue weighted by molar-refractivity contribution is -0.127. The molecule has 2 aliphatic heterocycles. The van der Waals surface area contributed by atoms with E-state index in [-0.39, 0.29) is 23.5 Å². The minimum Gasteiger partial charge on any atom is -0.375 e. The van der Waals surface area contributed by atoms with E-state index in [1.807, 2.05) is 18.2 Å². The summed E-state index contributed by atoms with van der Waals surface area (Å²) in [5, 5.41) is 3.24. The molecule has 4 nitrogen and oxygen atoms in total. The van der Waals surface area contributed by atoms with Crippen molar-refractivity contribution in [2.24, 2.45) is 5.92 Å². The molecule has 2 heterocycles. The summed E-state index contributed by atoms with van der Waals surface area (Å²) in [6, 6.07) is 10.6. The van der Waals surface area contributed by atoms with Crippen molar-refractivity contribution in [2.45, 2.75) is 44.8 Å². The first-order chi connectivity index (χ1) is 10.5. The van der Waals surface area contributed by atoms with Crippen LogP contribution in [0.2, 0.25) is 0 Å². The zero-order valence-electron chi connectivity index (χ0n) is 13.5. The molecule has 0 saturated carbocycles. The number of nitrogens with zero attached hydrogens (tertiary/aromatic N) is 1. The van der Waals surface area contributed by atoms with Crippen LogP contribution in [0.5, 0.6) is 0 Å². The van der Waals surface area contributed by atoms with Gasteiger partial charge in [0.1, 0.15) is 0 Å². The SMILES string of the molecule is CC1(C)C[C@H](NC(=O)[C@H]2CCN(c3ccccc3)C2)CCO1. The molecule has 2 aliphatic rings. The van der Waals surface area contributed by atoms with Gasteiger partial charge in [0, 0.05) is 31.4 Å². The molecule has 4 heteroatoms. The van der Waals surface area contributed by atoms with Gasteiger partial charge in [-0.15, -0.1) is 0 Å². The third-order valence-corrected chi connectivity index (χ3v) is 4.72. The minimum absolute atomic E-state index is 0.103. The van der Waals surface area contributed by atoms with Gasteiger partial charge in [0.25, 0.3) is 0 Å². The first kappa shape index (κ1) is 15.3. The standard InChI is InChI=1S/C18H26N2O2/c1-18(2)12-15(9-11-22-18)19-17(21)14-8-10-20(13-14)16-6-4-3-5-7-16/h3-7,14-15H,8-13H2,1-2H3,(H,19,21)/t14-,15+/m0/s1. The molecule has 1 aromatic carbocycles. The van der Waals surface area contributed by atoms with Crippen molar-refractivity contribution in [3.63, 3.8) is 0 Å². The largest absolute Gasteiger partial charge is 0.375 e. The predicted octanol–water partition coefficient (Wildman–Crippen LogP) is 2.59.